The molecule has 0 saturated carbocycles. The number of nitrogens with zero attached hydrogens (tertiary/aromatic N) is 3. The zero-order valence-corrected chi connectivity index (χ0v) is 17.4. The number of carbonyl (C=O) groups is 2. The van der Waals surface area contributed by atoms with Gasteiger partial charge in [0.15, 0.2) is 0 Å². The van der Waals surface area contributed by atoms with Gasteiger partial charge in [-0.1, -0.05) is 41.6 Å². The molecule has 2 aromatic carbocycles. The summed E-state index contributed by atoms with van der Waals surface area (Å²) >= 11 is 0. The molecule has 174 valence electrons. The highest BCUT2D eigenvalue weighted by Crippen LogP contribution is 2.33. The maximum atomic E-state index is 12.9. The van der Waals surface area contributed by atoms with Crippen LogP contribution < -0.4 is 0 Å². The van der Waals surface area contributed by atoms with Gasteiger partial charge in [-0.3, -0.25) is 4.90 Å². The monoisotopic (exact) mass is 463 g/mol. The number of hydrogen-bond donors (Lipinski definition) is 2. The van der Waals surface area contributed by atoms with Gasteiger partial charge in [0.25, 0.3) is 0 Å². The zero-order chi connectivity index (χ0) is 24.2. The van der Waals surface area contributed by atoms with Crippen LogP contribution in [0.4, 0.5) is 13.2 Å². The molecule has 1 saturated heterocycles. The van der Waals surface area contributed by atoms with Crippen molar-refractivity contribution in [2.45, 2.75) is 25.6 Å². The predicted octanol–water partition coefficient (Wildman–Crippen LogP) is 3.82. The van der Waals surface area contributed by atoms with Gasteiger partial charge >= 0.3 is 18.1 Å². The van der Waals surface area contributed by atoms with E-state index in [1.54, 1.807) is 6.07 Å². The summed E-state index contributed by atoms with van der Waals surface area (Å²) in [4.78, 5) is 24.8. The molecule has 0 radical (unpaired) electrons. The summed E-state index contributed by atoms with van der Waals surface area (Å²) in [5.74, 6) is -2.87. The quantitative estimate of drug-likeness (QED) is 0.561. The second-order valence-electron chi connectivity index (χ2n) is 7.46. The third kappa shape index (κ3) is 6.16. The van der Waals surface area contributed by atoms with Gasteiger partial charge in [-0.25, -0.2) is 9.59 Å². The van der Waals surface area contributed by atoms with Crippen LogP contribution in [0.25, 0.3) is 11.4 Å². The number of alkyl halides is 3. The molecule has 0 bridgehead atoms. The third-order valence-electron chi connectivity index (χ3n) is 5.03. The number of rotatable bonds is 4. The number of hydrogen-bond acceptors (Lipinski definition) is 6. The topological polar surface area (TPSA) is 117 Å². The van der Waals surface area contributed by atoms with Gasteiger partial charge in [0, 0.05) is 25.2 Å². The Balaban J connectivity index is 0.000000454. The van der Waals surface area contributed by atoms with Crippen LogP contribution in [0.2, 0.25) is 0 Å². The molecule has 1 aromatic heterocycles. The molecule has 33 heavy (non-hydrogen) atoms. The lowest BCUT2D eigenvalue weighted by Gasteiger charge is -2.37. The van der Waals surface area contributed by atoms with Gasteiger partial charge in [0.1, 0.15) is 0 Å². The van der Waals surface area contributed by atoms with Gasteiger partial charge in [-0.2, -0.15) is 18.2 Å². The van der Waals surface area contributed by atoms with Crippen LogP contribution in [0.5, 0.6) is 0 Å². The summed E-state index contributed by atoms with van der Waals surface area (Å²) < 4.78 is 43.9. The Kier molecular flexibility index (Phi) is 7.12. The lowest BCUT2D eigenvalue weighted by molar-refractivity contribution is -0.159. The number of carboxylic acid groups (broad SMARTS) is 2. The Morgan fingerprint density at radius 3 is 2.36 bits per heavy atom. The van der Waals surface area contributed by atoms with Crippen LogP contribution in [0, 0.1) is 6.92 Å². The van der Waals surface area contributed by atoms with E-state index in [-0.39, 0.29) is 11.7 Å². The molecule has 2 heterocycles. The summed E-state index contributed by atoms with van der Waals surface area (Å²) in [5, 5.41) is 18.6. The SMILES string of the molecule is Cc1ccccc1CN1CC(c2nc(-c3cccc(C(F)(F)F)c3)no2)C1.O=C(O)C(=O)O. The standard InChI is InChI=1S/C20H18F3N3O.C2H2O4/c1-13-5-2-3-6-15(13)10-26-11-16(12-26)19-24-18(25-27-19)14-7-4-8-17(9-14)20(21,22)23;3-1(4)2(5)6/h2-9,16H,10-12H2,1H3;(H,3,4)(H,5,6). The number of likely N-dealkylation sites (tertiary alicyclic amines) is 1. The first-order valence-electron chi connectivity index (χ1n) is 9.79. The van der Waals surface area contributed by atoms with E-state index in [1.165, 1.54) is 17.2 Å². The van der Waals surface area contributed by atoms with E-state index < -0.39 is 23.7 Å². The molecule has 1 fully saturated rings. The average molecular weight is 463 g/mol. The fraction of sp³-hybridized carbons (Fsp3) is 0.273. The number of aryl methyl sites for hydroxylation is 1. The minimum Gasteiger partial charge on any atom is -0.473 e. The van der Waals surface area contributed by atoms with Crippen molar-refractivity contribution in [3.63, 3.8) is 0 Å². The Bertz CT molecular complexity index is 1130. The fourth-order valence-corrected chi connectivity index (χ4v) is 3.24. The first kappa shape index (κ1) is 23.9. The molecule has 0 atom stereocenters. The molecule has 0 spiro atoms. The maximum Gasteiger partial charge on any atom is 0.416 e. The summed E-state index contributed by atoms with van der Waals surface area (Å²) in [6.45, 7) is 4.53. The number of aromatic nitrogens is 2. The Hall–Kier alpha value is -3.73. The van der Waals surface area contributed by atoms with Crippen molar-refractivity contribution in [2.75, 3.05) is 13.1 Å². The van der Waals surface area contributed by atoms with E-state index in [1.807, 2.05) is 12.1 Å². The van der Waals surface area contributed by atoms with Gasteiger partial charge in [0.2, 0.25) is 11.7 Å². The van der Waals surface area contributed by atoms with Gasteiger partial charge in [-0.05, 0) is 30.2 Å². The lowest BCUT2D eigenvalue weighted by Crippen LogP contribution is -2.44. The summed E-state index contributed by atoms with van der Waals surface area (Å²) in [7, 11) is 0. The largest absolute Gasteiger partial charge is 0.473 e. The highest BCUT2D eigenvalue weighted by Gasteiger charge is 2.33. The molecule has 0 unspecified atom stereocenters. The molecule has 8 nitrogen and oxygen atoms in total. The summed E-state index contributed by atoms with van der Waals surface area (Å²) in [6, 6.07) is 13.2. The summed E-state index contributed by atoms with van der Waals surface area (Å²) in [5.41, 5.74) is 2.12. The predicted molar refractivity (Wildman–Crippen MR) is 109 cm³/mol. The zero-order valence-electron chi connectivity index (χ0n) is 17.4. The first-order valence-corrected chi connectivity index (χ1v) is 9.79. The van der Waals surface area contributed by atoms with Crippen LogP contribution in [0.15, 0.2) is 53.1 Å². The van der Waals surface area contributed by atoms with Gasteiger partial charge in [0.05, 0.1) is 11.5 Å². The van der Waals surface area contributed by atoms with E-state index >= 15 is 0 Å². The van der Waals surface area contributed by atoms with Crippen molar-refractivity contribution >= 4 is 11.9 Å². The van der Waals surface area contributed by atoms with Crippen molar-refractivity contribution in [1.29, 1.82) is 0 Å². The minimum absolute atomic E-state index is 0.112. The maximum absolute atomic E-state index is 12.9. The Morgan fingerprint density at radius 1 is 1.09 bits per heavy atom. The average Bonchev–Trinajstić information content (AvgIpc) is 3.21. The smallest absolute Gasteiger partial charge is 0.416 e. The van der Waals surface area contributed by atoms with Crippen molar-refractivity contribution in [3.8, 4) is 11.4 Å². The van der Waals surface area contributed by atoms with Crippen molar-refractivity contribution in [2.24, 2.45) is 0 Å². The third-order valence-corrected chi connectivity index (χ3v) is 5.03. The summed E-state index contributed by atoms with van der Waals surface area (Å²) in [6.07, 6.45) is -4.40. The second kappa shape index (κ2) is 9.82. The van der Waals surface area contributed by atoms with Crippen LogP contribution >= 0.6 is 0 Å². The molecular weight excluding hydrogens is 443 g/mol. The van der Waals surface area contributed by atoms with Crippen molar-refractivity contribution < 1.29 is 37.5 Å². The second-order valence-corrected chi connectivity index (χ2v) is 7.46. The first-order chi connectivity index (χ1) is 15.5. The van der Waals surface area contributed by atoms with Crippen LogP contribution in [0.3, 0.4) is 0 Å². The normalized spacial score (nSPS) is 14.2. The molecule has 2 N–H and O–H groups in total. The molecule has 3 aromatic rings. The Morgan fingerprint density at radius 2 is 1.76 bits per heavy atom. The van der Waals surface area contributed by atoms with Crippen LogP contribution in [0.1, 0.15) is 28.5 Å². The molecule has 1 aliphatic heterocycles. The number of halogens is 3. The van der Waals surface area contributed by atoms with Crippen molar-refractivity contribution in [3.05, 3.63) is 71.1 Å². The molecule has 0 aliphatic carbocycles. The lowest BCUT2D eigenvalue weighted by atomic mass is 9.98. The number of carboxylic acids is 2. The molecule has 11 heteroatoms. The van der Waals surface area contributed by atoms with Gasteiger partial charge in [-0.15, -0.1) is 0 Å². The molecule has 0 amide bonds. The Labute approximate surface area is 186 Å². The molecule has 4 rings (SSSR count). The molecule has 1 aliphatic rings. The van der Waals surface area contributed by atoms with Crippen LogP contribution in [-0.4, -0.2) is 50.3 Å². The van der Waals surface area contributed by atoms with Gasteiger partial charge < -0.3 is 14.7 Å². The van der Waals surface area contributed by atoms with E-state index in [2.05, 4.69) is 34.1 Å². The number of benzene rings is 2. The van der Waals surface area contributed by atoms with Crippen molar-refractivity contribution in [1.82, 2.24) is 15.0 Å². The van der Waals surface area contributed by atoms with E-state index in [0.717, 1.165) is 31.8 Å². The highest BCUT2D eigenvalue weighted by molar-refractivity contribution is 6.27. The molecular formula is C22H20F3N3O5. The number of aliphatic carboxylic acids is 2. The van der Waals surface area contributed by atoms with E-state index in [0.29, 0.717) is 11.5 Å². The van der Waals surface area contributed by atoms with E-state index in [4.69, 9.17) is 24.3 Å². The highest BCUT2D eigenvalue weighted by atomic mass is 19.4. The van der Waals surface area contributed by atoms with Crippen LogP contribution in [-0.2, 0) is 22.3 Å². The minimum atomic E-state index is -4.40. The fourth-order valence-electron chi connectivity index (χ4n) is 3.24. The van der Waals surface area contributed by atoms with E-state index in [9.17, 15) is 13.2 Å².